The summed E-state index contributed by atoms with van der Waals surface area (Å²) in [5.41, 5.74) is 12.6. The van der Waals surface area contributed by atoms with Gasteiger partial charge < -0.3 is 15.5 Å². The van der Waals surface area contributed by atoms with E-state index >= 15 is 0 Å². The molecule has 152 valence electrons. The first kappa shape index (κ1) is 18.4. The fraction of sp³-hybridized carbons (Fsp3) is 0.217. The molecule has 2 heterocycles. The highest BCUT2D eigenvalue weighted by atomic mass is 16.5. The zero-order valence-electron chi connectivity index (χ0n) is 16.6. The predicted octanol–water partition coefficient (Wildman–Crippen LogP) is 4.44. The molecule has 7 nitrogen and oxygen atoms in total. The van der Waals surface area contributed by atoms with E-state index < -0.39 is 0 Å². The van der Waals surface area contributed by atoms with E-state index in [-0.39, 0.29) is 12.0 Å². The summed E-state index contributed by atoms with van der Waals surface area (Å²) in [5.74, 6) is 2.06. The Morgan fingerprint density at radius 3 is 2.73 bits per heavy atom. The number of nitrogens with zero attached hydrogens (tertiary/aromatic N) is 1. The standard InChI is InChI=1S/C23H23N5O2/c1-14(15-5-6-15)30-19-9-7-18(8-10-19)24-23(29)17-4-2-3-16(13-17)20-11-12-21-22(25-20)27-28-26-21/h2-4,7-15,26,28H,5-6H2,1H3,(H,24,29)(H,25,27). The van der Waals surface area contributed by atoms with Crippen LogP contribution in [0, 0.1) is 5.92 Å². The van der Waals surface area contributed by atoms with Crippen molar-refractivity contribution in [3.8, 4) is 17.0 Å². The van der Waals surface area contributed by atoms with Crippen LogP contribution in [0.15, 0.2) is 60.7 Å². The van der Waals surface area contributed by atoms with Gasteiger partial charge in [0.15, 0.2) is 5.82 Å². The Balaban J connectivity index is 1.27. The summed E-state index contributed by atoms with van der Waals surface area (Å²) in [6, 6.07) is 18.8. The number of aromatic nitrogens is 1. The monoisotopic (exact) mass is 401 g/mol. The molecule has 1 aliphatic heterocycles. The number of benzene rings is 2. The number of hydrazine groups is 2. The average Bonchev–Trinajstić information content (AvgIpc) is 3.52. The smallest absolute Gasteiger partial charge is 0.255 e. The van der Waals surface area contributed by atoms with E-state index in [9.17, 15) is 4.79 Å². The molecule has 0 saturated heterocycles. The van der Waals surface area contributed by atoms with Crippen LogP contribution >= 0.6 is 0 Å². The average molecular weight is 401 g/mol. The number of carbonyl (C=O) groups excluding carboxylic acids is 1. The summed E-state index contributed by atoms with van der Waals surface area (Å²) in [7, 11) is 0. The number of hydrogen-bond acceptors (Lipinski definition) is 6. The highest BCUT2D eigenvalue weighted by Crippen LogP contribution is 2.34. The third-order valence-electron chi connectivity index (χ3n) is 5.41. The molecule has 5 rings (SSSR count). The van der Waals surface area contributed by atoms with Gasteiger partial charge in [0.2, 0.25) is 0 Å². The molecule has 0 spiro atoms. The second-order valence-electron chi connectivity index (χ2n) is 7.69. The van der Waals surface area contributed by atoms with E-state index in [1.807, 2.05) is 54.6 Å². The zero-order valence-corrected chi connectivity index (χ0v) is 16.6. The summed E-state index contributed by atoms with van der Waals surface area (Å²) in [6.45, 7) is 2.11. The third kappa shape index (κ3) is 3.92. The predicted molar refractivity (Wildman–Crippen MR) is 117 cm³/mol. The SMILES string of the molecule is CC(Oc1ccc(NC(=O)c2cccc(-c3ccc4c(n3)NNN4)c2)cc1)C1CC1. The number of fused-ring (bicyclic) bond motifs is 1. The number of nitrogens with one attached hydrogen (secondary N) is 4. The molecule has 1 aromatic heterocycles. The molecule has 1 amide bonds. The van der Waals surface area contributed by atoms with Crippen molar-refractivity contribution in [1.82, 2.24) is 10.5 Å². The first-order valence-electron chi connectivity index (χ1n) is 10.1. The molecule has 7 heteroatoms. The molecule has 3 aromatic rings. The lowest BCUT2D eigenvalue weighted by molar-refractivity contribution is 0.102. The van der Waals surface area contributed by atoms with Crippen LogP contribution in [0.5, 0.6) is 5.75 Å². The molecular weight excluding hydrogens is 378 g/mol. The lowest BCUT2D eigenvalue weighted by atomic mass is 10.1. The van der Waals surface area contributed by atoms with Gasteiger partial charge in [-0.3, -0.25) is 10.2 Å². The van der Waals surface area contributed by atoms with Gasteiger partial charge in [-0.2, -0.15) is 0 Å². The van der Waals surface area contributed by atoms with Gasteiger partial charge in [-0.25, -0.2) is 4.98 Å². The van der Waals surface area contributed by atoms with Crippen LogP contribution in [0.4, 0.5) is 17.2 Å². The fourth-order valence-electron chi connectivity index (χ4n) is 3.49. The molecule has 1 saturated carbocycles. The summed E-state index contributed by atoms with van der Waals surface area (Å²) < 4.78 is 5.95. The number of pyridine rings is 1. The highest BCUT2D eigenvalue weighted by Gasteiger charge is 2.29. The van der Waals surface area contributed by atoms with Crippen molar-refractivity contribution < 1.29 is 9.53 Å². The van der Waals surface area contributed by atoms with Crippen molar-refractivity contribution in [2.75, 3.05) is 16.2 Å². The van der Waals surface area contributed by atoms with Crippen molar-refractivity contribution in [3.63, 3.8) is 0 Å². The lowest BCUT2D eigenvalue weighted by Crippen LogP contribution is -2.19. The van der Waals surface area contributed by atoms with Crippen LogP contribution in [0.2, 0.25) is 0 Å². The van der Waals surface area contributed by atoms with E-state index in [4.69, 9.17) is 4.74 Å². The molecule has 2 aromatic carbocycles. The van der Waals surface area contributed by atoms with E-state index in [1.165, 1.54) is 12.8 Å². The number of carbonyl (C=O) groups is 1. The number of hydrogen-bond donors (Lipinski definition) is 4. The Kier molecular flexibility index (Phi) is 4.72. The summed E-state index contributed by atoms with van der Waals surface area (Å²) in [6.07, 6.45) is 2.74. The van der Waals surface area contributed by atoms with Crippen molar-refractivity contribution >= 4 is 23.1 Å². The van der Waals surface area contributed by atoms with Crippen molar-refractivity contribution in [2.24, 2.45) is 5.92 Å². The number of rotatable bonds is 6. The first-order valence-corrected chi connectivity index (χ1v) is 10.1. The van der Waals surface area contributed by atoms with E-state index in [0.29, 0.717) is 11.5 Å². The minimum atomic E-state index is -0.167. The molecule has 0 bridgehead atoms. The molecule has 1 aliphatic carbocycles. The number of anilines is 3. The van der Waals surface area contributed by atoms with Crippen LogP contribution in [-0.4, -0.2) is 17.0 Å². The number of ether oxygens (including phenoxy) is 1. The topological polar surface area (TPSA) is 87.3 Å². The normalized spacial score (nSPS) is 15.5. The van der Waals surface area contributed by atoms with Gasteiger partial charge in [-0.15, -0.1) is 5.53 Å². The van der Waals surface area contributed by atoms with Crippen molar-refractivity contribution in [2.45, 2.75) is 25.9 Å². The molecule has 0 radical (unpaired) electrons. The highest BCUT2D eigenvalue weighted by molar-refractivity contribution is 6.05. The molecule has 1 fully saturated rings. The fourth-order valence-corrected chi connectivity index (χ4v) is 3.49. The molecular formula is C23H23N5O2. The van der Waals surface area contributed by atoms with Gasteiger partial charge in [0.1, 0.15) is 5.75 Å². The Labute approximate surface area is 174 Å². The minimum Gasteiger partial charge on any atom is -0.490 e. The molecule has 4 N–H and O–H groups in total. The Morgan fingerprint density at radius 1 is 1.10 bits per heavy atom. The molecule has 30 heavy (non-hydrogen) atoms. The van der Waals surface area contributed by atoms with Crippen LogP contribution in [-0.2, 0) is 0 Å². The van der Waals surface area contributed by atoms with Gasteiger partial charge in [0, 0.05) is 16.8 Å². The largest absolute Gasteiger partial charge is 0.490 e. The summed E-state index contributed by atoms with van der Waals surface area (Å²) in [5, 5.41) is 2.95. The second kappa shape index (κ2) is 7.68. The quantitative estimate of drug-likeness (QED) is 0.489. The van der Waals surface area contributed by atoms with Crippen molar-refractivity contribution in [3.05, 3.63) is 66.2 Å². The maximum Gasteiger partial charge on any atom is 0.255 e. The minimum absolute atomic E-state index is 0.167. The van der Waals surface area contributed by atoms with Gasteiger partial charge in [-0.1, -0.05) is 12.1 Å². The third-order valence-corrected chi connectivity index (χ3v) is 5.41. The molecule has 1 atom stereocenters. The second-order valence-corrected chi connectivity index (χ2v) is 7.69. The Bertz CT molecular complexity index is 1080. The van der Waals surface area contributed by atoms with E-state index in [0.717, 1.165) is 34.2 Å². The van der Waals surface area contributed by atoms with Gasteiger partial charge in [0.25, 0.3) is 5.91 Å². The number of amides is 1. The first-order chi connectivity index (χ1) is 14.7. The van der Waals surface area contributed by atoms with Crippen LogP contribution in [0.25, 0.3) is 11.3 Å². The van der Waals surface area contributed by atoms with Gasteiger partial charge >= 0.3 is 0 Å². The Morgan fingerprint density at radius 2 is 1.93 bits per heavy atom. The zero-order chi connectivity index (χ0) is 20.5. The van der Waals surface area contributed by atoms with Crippen LogP contribution in [0.3, 0.4) is 0 Å². The summed E-state index contributed by atoms with van der Waals surface area (Å²) >= 11 is 0. The molecule has 1 unspecified atom stereocenters. The van der Waals surface area contributed by atoms with E-state index in [1.54, 1.807) is 6.07 Å². The maximum atomic E-state index is 12.8. The van der Waals surface area contributed by atoms with Crippen LogP contribution in [0.1, 0.15) is 30.1 Å². The lowest BCUT2D eigenvalue weighted by Gasteiger charge is -2.14. The van der Waals surface area contributed by atoms with Gasteiger partial charge in [-0.05, 0) is 74.2 Å². The maximum absolute atomic E-state index is 12.8. The van der Waals surface area contributed by atoms with Crippen LogP contribution < -0.4 is 26.4 Å². The summed E-state index contributed by atoms with van der Waals surface area (Å²) in [4.78, 5) is 17.3. The molecule has 2 aliphatic rings. The van der Waals surface area contributed by atoms with E-state index in [2.05, 4.69) is 33.6 Å². The Hall–Kier alpha value is -3.58. The van der Waals surface area contributed by atoms with Gasteiger partial charge in [0.05, 0.1) is 17.5 Å². The van der Waals surface area contributed by atoms with Crippen molar-refractivity contribution in [1.29, 1.82) is 0 Å².